The van der Waals surface area contributed by atoms with Crippen LogP contribution in [0.15, 0.2) is 42.6 Å². The Labute approximate surface area is 317 Å². The maximum atomic E-state index is 14.3. The molecule has 53 heavy (non-hydrogen) atoms. The van der Waals surface area contributed by atoms with Crippen molar-refractivity contribution in [1.29, 1.82) is 0 Å². The lowest BCUT2D eigenvalue weighted by atomic mass is 9.79. The van der Waals surface area contributed by atoms with Crippen LogP contribution in [0.3, 0.4) is 0 Å². The number of carbonyl (C=O) groups is 4. The van der Waals surface area contributed by atoms with Crippen LogP contribution in [0.1, 0.15) is 81.1 Å². The molecule has 6 rings (SSSR count). The van der Waals surface area contributed by atoms with Crippen LogP contribution in [0.2, 0.25) is 5.02 Å². The van der Waals surface area contributed by atoms with Crippen LogP contribution in [0, 0.1) is 23.7 Å². The minimum Gasteiger partial charge on any atom is -0.493 e. The summed E-state index contributed by atoms with van der Waals surface area (Å²) in [5, 5.41) is 7.36. The average Bonchev–Trinajstić information content (AvgIpc) is 3.77. The number of H-pyrrole nitrogens is 1. The van der Waals surface area contributed by atoms with Gasteiger partial charge in [0.05, 0.1) is 25.6 Å². The van der Waals surface area contributed by atoms with Gasteiger partial charge in [0.2, 0.25) is 17.7 Å². The van der Waals surface area contributed by atoms with Crippen LogP contribution in [-0.2, 0) is 20.8 Å². The molecule has 3 heterocycles. The number of hydrogen-bond acceptors (Lipinski definition) is 6. The van der Waals surface area contributed by atoms with Gasteiger partial charge in [-0.25, -0.2) is 0 Å². The number of fused-ring (bicyclic) bond motifs is 2. The highest BCUT2D eigenvalue weighted by Crippen LogP contribution is 2.38. The zero-order valence-corrected chi connectivity index (χ0v) is 32.2. The predicted molar refractivity (Wildman–Crippen MR) is 205 cm³/mol. The summed E-state index contributed by atoms with van der Waals surface area (Å²) in [5.74, 6) is 0.0665. The van der Waals surface area contributed by atoms with Crippen molar-refractivity contribution in [2.45, 2.75) is 83.8 Å². The molecule has 2 saturated heterocycles. The maximum absolute atomic E-state index is 14.3. The number of nitrogens with one attached hydrogen (secondary N) is 3. The minimum atomic E-state index is -0.670. The normalized spacial score (nSPS) is 21.0. The van der Waals surface area contributed by atoms with Gasteiger partial charge in [-0.2, -0.15) is 0 Å². The number of benzene rings is 2. The summed E-state index contributed by atoms with van der Waals surface area (Å²) in [4.78, 5) is 62.1. The predicted octanol–water partition coefficient (Wildman–Crippen LogP) is 5.99. The fourth-order valence-electron chi connectivity index (χ4n) is 8.64. The molecule has 3 N–H and O–H groups in total. The molecular weight excluding hydrogens is 694 g/mol. The van der Waals surface area contributed by atoms with Crippen molar-refractivity contribution in [3.05, 3.63) is 58.7 Å². The number of aromatic amines is 1. The topological polar surface area (TPSA) is 133 Å². The molecule has 0 spiro atoms. The number of nitrogens with zero attached hydrogens (tertiary/aromatic N) is 2. The third-order valence-electron chi connectivity index (χ3n) is 11.4. The molecule has 1 aromatic heterocycles. The smallest absolute Gasteiger partial charge is 0.254 e. The Morgan fingerprint density at radius 2 is 1.74 bits per heavy atom. The summed E-state index contributed by atoms with van der Waals surface area (Å²) in [6.45, 7) is 5.25. The zero-order valence-electron chi connectivity index (χ0n) is 31.4. The van der Waals surface area contributed by atoms with Gasteiger partial charge < -0.3 is 34.9 Å². The van der Waals surface area contributed by atoms with Gasteiger partial charge in [0.25, 0.3) is 5.91 Å². The Kier molecular flexibility index (Phi) is 12.5. The monoisotopic (exact) mass is 747 g/mol. The molecule has 2 aromatic carbocycles. The molecule has 4 amide bonds. The summed E-state index contributed by atoms with van der Waals surface area (Å²) in [7, 11) is 3.14. The van der Waals surface area contributed by atoms with Gasteiger partial charge in [-0.05, 0) is 73.9 Å². The summed E-state index contributed by atoms with van der Waals surface area (Å²) < 4.78 is 11.4. The minimum absolute atomic E-state index is 0.0600. The fraction of sp³-hybridized carbons (Fsp3) is 0.561. The van der Waals surface area contributed by atoms with Crippen molar-refractivity contribution in [1.82, 2.24) is 25.4 Å². The number of halogens is 1. The number of hydrogen-bond donors (Lipinski definition) is 3. The second-order valence-corrected chi connectivity index (χ2v) is 15.8. The Balaban J connectivity index is 1.21. The highest BCUT2D eigenvalue weighted by Gasteiger charge is 2.48. The first-order valence-electron chi connectivity index (χ1n) is 19.2. The molecule has 12 heteroatoms. The number of likely N-dealkylation sites (N-methyl/N-ethyl adjacent to an activating group) is 1. The highest BCUT2D eigenvalue weighted by atomic mass is 35.5. The summed E-state index contributed by atoms with van der Waals surface area (Å²) >= 11 is 6.20. The first kappa shape index (κ1) is 38.5. The van der Waals surface area contributed by atoms with Crippen LogP contribution in [0.5, 0.6) is 11.5 Å². The number of carbonyl (C=O) groups excluding carboxylic acids is 4. The quantitative estimate of drug-likeness (QED) is 0.197. The van der Waals surface area contributed by atoms with E-state index in [1.165, 1.54) is 32.1 Å². The van der Waals surface area contributed by atoms with Crippen molar-refractivity contribution in [3.8, 4) is 11.5 Å². The molecule has 4 atom stereocenters. The molecule has 2 aliphatic heterocycles. The molecule has 0 radical (unpaired) electrons. The number of aromatic nitrogens is 1. The largest absolute Gasteiger partial charge is 0.493 e. The van der Waals surface area contributed by atoms with Gasteiger partial charge in [-0.1, -0.05) is 62.6 Å². The van der Waals surface area contributed by atoms with Crippen molar-refractivity contribution in [2.24, 2.45) is 23.7 Å². The lowest BCUT2D eigenvalue weighted by Gasteiger charge is -2.40. The van der Waals surface area contributed by atoms with E-state index in [0.717, 1.165) is 29.3 Å². The number of rotatable bonds is 13. The first-order chi connectivity index (χ1) is 25.5. The van der Waals surface area contributed by atoms with E-state index in [4.69, 9.17) is 21.1 Å². The molecule has 3 fully saturated rings. The van der Waals surface area contributed by atoms with Crippen LogP contribution >= 0.6 is 11.6 Å². The van der Waals surface area contributed by atoms with Crippen molar-refractivity contribution in [3.63, 3.8) is 0 Å². The van der Waals surface area contributed by atoms with Crippen molar-refractivity contribution in [2.75, 3.05) is 40.3 Å². The Bertz CT molecular complexity index is 1790. The Morgan fingerprint density at radius 1 is 0.962 bits per heavy atom. The number of ether oxygens (including phenoxy) is 2. The maximum Gasteiger partial charge on any atom is 0.254 e. The Morgan fingerprint density at radius 3 is 2.47 bits per heavy atom. The zero-order chi connectivity index (χ0) is 37.6. The molecule has 3 aromatic rings. The van der Waals surface area contributed by atoms with Crippen LogP contribution in [-0.4, -0.2) is 90.9 Å². The van der Waals surface area contributed by atoms with Gasteiger partial charge in [0.1, 0.15) is 6.04 Å². The molecule has 3 aliphatic rings. The number of methoxy groups -OCH3 is 1. The lowest BCUT2D eigenvalue weighted by molar-refractivity contribution is -0.140. The summed E-state index contributed by atoms with van der Waals surface area (Å²) in [6.07, 6.45) is 10.7. The molecule has 1 aliphatic carbocycles. The van der Waals surface area contributed by atoms with Crippen LogP contribution in [0.4, 0.5) is 0 Å². The molecule has 3 unspecified atom stereocenters. The van der Waals surface area contributed by atoms with E-state index in [9.17, 15) is 19.2 Å². The van der Waals surface area contributed by atoms with E-state index in [1.807, 2.05) is 32.2 Å². The fourth-order valence-corrected chi connectivity index (χ4v) is 8.82. The third kappa shape index (κ3) is 9.11. The molecule has 11 nitrogen and oxygen atoms in total. The molecular formula is C41H54ClN5O6. The summed E-state index contributed by atoms with van der Waals surface area (Å²) in [6, 6.07) is 10.1. The van der Waals surface area contributed by atoms with Crippen molar-refractivity contribution >= 4 is 46.1 Å². The second-order valence-electron chi connectivity index (χ2n) is 15.4. The molecule has 0 bridgehead atoms. The van der Waals surface area contributed by atoms with E-state index < -0.39 is 12.0 Å². The van der Waals surface area contributed by atoms with Gasteiger partial charge in [0, 0.05) is 60.9 Å². The molecule has 286 valence electrons. The van der Waals surface area contributed by atoms with Crippen LogP contribution < -0.4 is 20.1 Å². The first-order valence-corrected chi connectivity index (χ1v) is 19.6. The SMILES string of the molecule is CNC(=O)[C@@H](CCCC1CCCCC1)NC(=O)C1CN(C(=O)Cc2c[nH]c3cc(Cl)ccc23)CC2CN(C(=O)c3ccc(OC(C)C)c(OC)c3)CC21. The standard InChI is InChI=1S/C41H54ClN5O6/c1-25(2)53-36-16-13-27(17-37(36)52-4)41(51)47-22-29-21-46(38(48)18-28-20-44-35-19-30(42)14-15-31(28)35)24-33(32(29)23-47)39(49)45-34(40(50)43-3)12-8-11-26-9-6-5-7-10-26/h13-17,19-20,25-26,29,32-34,44H,5-12,18,21-24H2,1-4H3,(H,43,50)(H,45,49)/t29?,32?,33?,34-/m1/s1. The average molecular weight is 748 g/mol. The van der Waals surface area contributed by atoms with E-state index in [0.29, 0.717) is 54.1 Å². The second kappa shape index (κ2) is 17.3. The van der Waals surface area contributed by atoms with Gasteiger partial charge >= 0.3 is 0 Å². The van der Waals surface area contributed by atoms with E-state index in [1.54, 1.807) is 48.2 Å². The van der Waals surface area contributed by atoms with Gasteiger partial charge in [0.15, 0.2) is 11.5 Å². The van der Waals surface area contributed by atoms with Crippen molar-refractivity contribution < 1.29 is 28.7 Å². The molecule has 1 saturated carbocycles. The number of likely N-dealkylation sites (tertiary alicyclic amines) is 2. The number of piperidine rings is 1. The van der Waals surface area contributed by atoms with E-state index in [-0.39, 0.29) is 54.5 Å². The van der Waals surface area contributed by atoms with E-state index >= 15 is 0 Å². The highest BCUT2D eigenvalue weighted by molar-refractivity contribution is 6.31. The Hall–Kier alpha value is -4.25. The summed E-state index contributed by atoms with van der Waals surface area (Å²) in [5.41, 5.74) is 2.16. The van der Waals surface area contributed by atoms with Gasteiger partial charge in [-0.15, -0.1) is 0 Å². The lowest BCUT2D eigenvalue weighted by Crippen LogP contribution is -2.56. The third-order valence-corrected chi connectivity index (χ3v) is 11.6. The number of amides is 4. The van der Waals surface area contributed by atoms with E-state index in [2.05, 4.69) is 15.6 Å². The van der Waals surface area contributed by atoms with Gasteiger partial charge in [-0.3, -0.25) is 19.2 Å². The van der Waals surface area contributed by atoms with Crippen LogP contribution in [0.25, 0.3) is 10.9 Å².